The summed E-state index contributed by atoms with van der Waals surface area (Å²) in [6.45, 7) is 1.06. The van der Waals surface area contributed by atoms with Crippen LogP contribution in [0.15, 0.2) is 30.3 Å². The van der Waals surface area contributed by atoms with Crippen molar-refractivity contribution in [1.29, 1.82) is 0 Å². The smallest absolute Gasteiger partial charge is 0.0730 e. The lowest BCUT2D eigenvalue weighted by Crippen LogP contribution is -2.15. The Morgan fingerprint density at radius 1 is 1.00 bits per heavy atom. The van der Waals surface area contributed by atoms with Gasteiger partial charge in [-0.1, -0.05) is 18.2 Å². The average Bonchev–Trinajstić information content (AvgIpc) is 2.85. The Hall–Kier alpha value is -1.96. The van der Waals surface area contributed by atoms with Crippen molar-refractivity contribution in [1.82, 2.24) is 4.40 Å². The highest BCUT2D eigenvalue weighted by molar-refractivity contribution is 5.98. The van der Waals surface area contributed by atoms with Crippen molar-refractivity contribution in [3.05, 3.63) is 47.2 Å². The third-order valence-corrected chi connectivity index (χ3v) is 4.99. The maximum absolute atomic E-state index is 3.62. The van der Waals surface area contributed by atoms with Gasteiger partial charge in [0.05, 0.1) is 16.7 Å². The van der Waals surface area contributed by atoms with Gasteiger partial charge in [0.2, 0.25) is 0 Å². The molecule has 3 heterocycles. The van der Waals surface area contributed by atoms with Crippen molar-refractivity contribution in [2.45, 2.75) is 32.1 Å². The van der Waals surface area contributed by atoms with Crippen molar-refractivity contribution < 1.29 is 0 Å². The fourth-order valence-electron chi connectivity index (χ4n) is 4.15. The monoisotopic (exact) mass is 262 g/mol. The molecule has 0 saturated heterocycles. The van der Waals surface area contributed by atoms with Gasteiger partial charge in [-0.15, -0.1) is 0 Å². The molecule has 0 amide bonds. The zero-order valence-corrected chi connectivity index (χ0v) is 11.6. The number of nitrogens with one attached hydrogen (secondary N) is 1. The number of benzene rings is 1. The van der Waals surface area contributed by atoms with E-state index in [9.17, 15) is 0 Å². The zero-order chi connectivity index (χ0) is 13.1. The first-order valence-electron chi connectivity index (χ1n) is 7.74. The van der Waals surface area contributed by atoms with Crippen LogP contribution in [0, 0.1) is 0 Å². The zero-order valence-electron chi connectivity index (χ0n) is 11.6. The number of fused-ring (bicyclic) bond motifs is 5. The molecule has 2 aromatic heterocycles. The van der Waals surface area contributed by atoms with Gasteiger partial charge < -0.3 is 9.72 Å². The Morgan fingerprint density at radius 3 is 2.90 bits per heavy atom. The normalized spacial score (nSPS) is 17.2. The maximum atomic E-state index is 3.62. The second-order valence-electron chi connectivity index (χ2n) is 6.09. The highest BCUT2D eigenvalue weighted by atomic mass is 15.0. The Kier molecular flexibility index (Phi) is 2.04. The van der Waals surface area contributed by atoms with E-state index in [1.165, 1.54) is 47.8 Å². The molecule has 3 aromatic rings. The number of aryl methyl sites for hydroxylation is 2. The van der Waals surface area contributed by atoms with Crippen LogP contribution in [0.2, 0.25) is 0 Å². The second-order valence-corrected chi connectivity index (χ2v) is 6.09. The van der Waals surface area contributed by atoms with E-state index in [0.29, 0.717) is 0 Å². The molecule has 0 bridgehead atoms. The van der Waals surface area contributed by atoms with Crippen LogP contribution >= 0.6 is 0 Å². The number of nitrogens with zero attached hydrogens (tertiary/aromatic N) is 1. The van der Waals surface area contributed by atoms with Gasteiger partial charge in [0.15, 0.2) is 0 Å². The summed E-state index contributed by atoms with van der Waals surface area (Å²) < 4.78 is 2.56. The average molecular weight is 262 g/mol. The van der Waals surface area contributed by atoms with E-state index in [1.807, 2.05) is 0 Å². The summed E-state index contributed by atoms with van der Waals surface area (Å²) >= 11 is 0. The van der Waals surface area contributed by atoms with E-state index in [1.54, 1.807) is 16.8 Å². The first-order valence-corrected chi connectivity index (χ1v) is 7.74. The number of hydrogen-bond donors (Lipinski definition) is 1. The third kappa shape index (κ3) is 1.24. The first kappa shape index (κ1) is 10.8. The minimum Gasteiger partial charge on any atom is -0.383 e. The highest BCUT2D eigenvalue weighted by Crippen LogP contribution is 2.38. The van der Waals surface area contributed by atoms with Gasteiger partial charge >= 0.3 is 0 Å². The van der Waals surface area contributed by atoms with Crippen LogP contribution in [0.3, 0.4) is 0 Å². The SMILES string of the molecule is c1ccc2c(c1)c1c3c(cc4c(n32)CCCC4)NCC1. The molecule has 0 radical (unpaired) electrons. The maximum Gasteiger partial charge on any atom is 0.0730 e. The van der Waals surface area contributed by atoms with Gasteiger partial charge in [0.1, 0.15) is 0 Å². The van der Waals surface area contributed by atoms with E-state index in [-0.39, 0.29) is 0 Å². The first-order chi connectivity index (χ1) is 9.93. The van der Waals surface area contributed by atoms with Crippen molar-refractivity contribution in [3.8, 4) is 0 Å². The largest absolute Gasteiger partial charge is 0.383 e. The molecule has 100 valence electrons. The number of rotatable bonds is 0. The molecule has 0 fully saturated rings. The lowest BCUT2D eigenvalue weighted by molar-refractivity contribution is 0.663. The number of aromatic nitrogens is 1. The molecule has 0 atom stereocenters. The molecule has 20 heavy (non-hydrogen) atoms. The Bertz CT molecular complexity index is 842. The van der Waals surface area contributed by atoms with Crippen molar-refractivity contribution >= 4 is 22.1 Å². The number of pyridine rings is 1. The summed E-state index contributed by atoms with van der Waals surface area (Å²) in [5.41, 5.74) is 8.85. The van der Waals surface area contributed by atoms with Crippen molar-refractivity contribution in [3.63, 3.8) is 0 Å². The molecule has 1 N–H and O–H groups in total. The molecule has 0 spiro atoms. The molecule has 2 heteroatoms. The van der Waals surface area contributed by atoms with Crippen LogP contribution in [-0.2, 0) is 19.3 Å². The number of para-hydroxylation sites is 1. The van der Waals surface area contributed by atoms with E-state index >= 15 is 0 Å². The molecule has 2 aliphatic rings. The standard InChI is InChI=1S/C18H18N2/c1-3-7-16-12(5-1)11-15-18-14(9-10-19-15)13-6-2-4-8-17(13)20(16)18/h2,4,6,8,11,19H,1,3,5,7,9-10H2. The lowest BCUT2D eigenvalue weighted by atomic mass is 9.94. The Balaban J connectivity index is 2.06. The molecule has 0 unspecified atom stereocenters. The Labute approximate surface area is 118 Å². The van der Waals surface area contributed by atoms with Crippen LogP contribution in [0.25, 0.3) is 16.4 Å². The summed E-state index contributed by atoms with van der Waals surface area (Å²) in [7, 11) is 0. The minimum absolute atomic E-state index is 1.06. The third-order valence-electron chi connectivity index (χ3n) is 4.99. The van der Waals surface area contributed by atoms with Crippen molar-refractivity contribution in [2.75, 3.05) is 11.9 Å². The van der Waals surface area contributed by atoms with Crippen LogP contribution < -0.4 is 5.32 Å². The molecule has 5 rings (SSSR count). The van der Waals surface area contributed by atoms with Gasteiger partial charge in [0.25, 0.3) is 0 Å². The molecule has 0 saturated carbocycles. The topological polar surface area (TPSA) is 16.4 Å². The number of hydrogen-bond acceptors (Lipinski definition) is 1. The highest BCUT2D eigenvalue weighted by Gasteiger charge is 2.23. The molecular weight excluding hydrogens is 244 g/mol. The van der Waals surface area contributed by atoms with E-state index < -0.39 is 0 Å². The van der Waals surface area contributed by atoms with Gasteiger partial charge in [-0.25, -0.2) is 0 Å². The molecule has 1 aromatic carbocycles. The quantitative estimate of drug-likeness (QED) is 0.649. The van der Waals surface area contributed by atoms with Gasteiger partial charge in [-0.2, -0.15) is 0 Å². The summed E-state index contributed by atoms with van der Waals surface area (Å²) in [4.78, 5) is 0. The molecule has 1 aliphatic heterocycles. The van der Waals surface area contributed by atoms with Crippen LogP contribution in [0.5, 0.6) is 0 Å². The van der Waals surface area contributed by atoms with Crippen LogP contribution in [0.4, 0.5) is 5.69 Å². The summed E-state index contributed by atoms with van der Waals surface area (Å²) in [5, 5.41) is 5.07. The van der Waals surface area contributed by atoms with E-state index in [4.69, 9.17) is 0 Å². The molecule has 2 nitrogen and oxygen atoms in total. The summed E-state index contributed by atoms with van der Waals surface area (Å²) in [6.07, 6.45) is 6.27. The van der Waals surface area contributed by atoms with E-state index in [0.717, 1.165) is 13.0 Å². The molecular formula is C18H18N2. The van der Waals surface area contributed by atoms with Crippen LogP contribution in [-0.4, -0.2) is 10.9 Å². The molecule has 1 aliphatic carbocycles. The summed E-state index contributed by atoms with van der Waals surface area (Å²) in [5.74, 6) is 0. The van der Waals surface area contributed by atoms with Gasteiger partial charge in [-0.3, -0.25) is 0 Å². The van der Waals surface area contributed by atoms with E-state index in [2.05, 4.69) is 40.0 Å². The Morgan fingerprint density at radius 2 is 1.90 bits per heavy atom. The van der Waals surface area contributed by atoms with Gasteiger partial charge in [0, 0.05) is 17.6 Å². The lowest BCUT2D eigenvalue weighted by Gasteiger charge is -2.23. The number of anilines is 1. The van der Waals surface area contributed by atoms with Crippen molar-refractivity contribution in [2.24, 2.45) is 0 Å². The fourth-order valence-corrected chi connectivity index (χ4v) is 4.15. The second kappa shape index (κ2) is 3.78. The predicted molar refractivity (Wildman–Crippen MR) is 83.7 cm³/mol. The van der Waals surface area contributed by atoms with Gasteiger partial charge in [-0.05, 0) is 55.4 Å². The van der Waals surface area contributed by atoms with Crippen LogP contribution in [0.1, 0.15) is 29.7 Å². The summed E-state index contributed by atoms with van der Waals surface area (Å²) in [6, 6.07) is 11.3. The predicted octanol–water partition coefficient (Wildman–Crippen LogP) is 3.94. The fraction of sp³-hybridized carbons (Fsp3) is 0.333. The minimum atomic E-state index is 1.06.